The summed E-state index contributed by atoms with van der Waals surface area (Å²) in [7, 11) is 2.05. The van der Waals surface area contributed by atoms with Crippen LogP contribution in [0.5, 0.6) is 0 Å². The van der Waals surface area contributed by atoms with E-state index < -0.39 is 0 Å². The molecule has 0 bridgehead atoms. The molecule has 3 heterocycles. The molecule has 1 aliphatic heterocycles. The summed E-state index contributed by atoms with van der Waals surface area (Å²) in [4.78, 5) is 22.7. The lowest BCUT2D eigenvalue weighted by Gasteiger charge is -2.23. The van der Waals surface area contributed by atoms with Gasteiger partial charge in [0, 0.05) is 50.3 Å². The van der Waals surface area contributed by atoms with Crippen LogP contribution in [-0.4, -0.2) is 46.5 Å². The third-order valence-corrected chi connectivity index (χ3v) is 6.12. The first-order chi connectivity index (χ1) is 15.2. The number of benzene rings is 2. The molecule has 1 amide bonds. The Bertz CT molecular complexity index is 1210. The van der Waals surface area contributed by atoms with Crippen LogP contribution < -0.4 is 4.90 Å². The maximum atomic E-state index is 13.9. The molecular formula is C26H28Cl2N4O. The predicted molar refractivity (Wildman–Crippen MR) is 140 cm³/mol. The van der Waals surface area contributed by atoms with Gasteiger partial charge in [-0.15, -0.1) is 24.8 Å². The number of para-hydroxylation sites is 1. The molecule has 0 unspecified atom stereocenters. The zero-order valence-electron chi connectivity index (χ0n) is 18.6. The minimum absolute atomic E-state index is 0. The van der Waals surface area contributed by atoms with Gasteiger partial charge in [0.05, 0.1) is 11.3 Å². The number of amides is 1. The highest BCUT2D eigenvalue weighted by atomic mass is 35.5. The lowest BCUT2D eigenvalue weighted by molar-refractivity contribution is 0.0769. The van der Waals surface area contributed by atoms with Crippen molar-refractivity contribution in [2.24, 2.45) is 7.05 Å². The Morgan fingerprint density at radius 1 is 0.818 bits per heavy atom. The number of aromatic nitrogens is 2. The molecule has 0 radical (unpaired) electrons. The van der Waals surface area contributed by atoms with E-state index >= 15 is 0 Å². The summed E-state index contributed by atoms with van der Waals surface area (Å²) in [5.74, 6) is 1.09. The van der Waals surface area contributed by atoms with E-state index in [1.807, 2.05) is 66.7 Å². The number of hydrogen-bond donors (Lipinski definition) is 0. The van der Waals surface area contributed by atoms with Crippen LogP contribution in [0.25, 0.3) is 22.2 Å². The molecule has 172 valence electrons. The molecule has 0 saturated carbocycles. The summed E-state index contributed by atoms with van der Waals surface area (Å²) in [6.07, 6.45) is 2.75. The van der Waals surface area contributed by atoms with E-state index in [2.05, 4.69) is 38.7 Å². The van der Waals surface area contributed by atoms with Crippen LogP contribution in [0.4, 0.5) is 5.82 Å². The monoisotopic (exact) mass is 482 g/mol. The van der Waals surface area contributed by atoms with Gasteiger partial charge in [-0.3, -0.25) is 4.79 Å². The van der Waals surface area contributed by atoms with Crippen LogP contribution in [0.1, 0.15) is 16.8 Å². The van der Waals surface area contributed by atoms with Crippen molar-refractivity contribution in [2.75, 3.05) is 31.1 Å². The third kappa shape index (κ3) is 4.70. The van der Waals surface area contributed by atoms with Gasteiger partial charge >= 0.3 is 0 Å². The Kier molecular flexibility index (Phi) is 8.01. The Balaban J connectivity index is 0.00000153. The second kappa shape index (κ2) is 10.7. The second-order valence-electron chi connectivity index (χ2n) is 7.99. The van der Waals surface area contributed by atoms with Crippen LogP contribution in [-0.2, 0) is 7.05 Å². The molecule has 0 atom stereocenters. The summed E-state index contributed by atoms with van der Waals surface area (Å²) in [6, 6.07) is 24.4. The van der Waals surface area contributed by atoms with E-state index in [0.29, 0.717) is 6.54 Å². The number of carbonyl (C=O) groups excluding carboxylic acids is 1. The lowest BCUT2D eigenvalue weighted by atomic mass is 10.0. The molecule has 1 saturated heterocycles. The smallest absolute Gasteiger partial charge is 0.256 e. The first-order valence-electron chi connectivity index (χ1n) is 10.8. The molecular weight excluding hydrogens is 455 g/mol. The SMILES string of the molecule is Cl.Cl.Cn1c(-c2ccccc2)c(C(=O)N2CCCN(c3ccccn3)CC2)c2ccccc21. The minimum atomic E-state index is 0. The van der Waals surface area contributed by atoms with E-state index in [0.717, 1.165) is 59.6 Å². The fourth-order valence-electron chi connectivity index (χ4n) is 4.59. The summed E-state index contributed by atoms with van der Waals surface area (Å²) >= 11 is 0. The second-order valence-corrected chi connectivity index (χ2v) is 7.99. The molecule has 5 rings (SSSR count). The lowest BCUT2D eigenvalue weighted by Crippen LogP contribution is -2.35. The number of pyridine rings is 1. The highest BCUT2D eigenvalue weighted by Crippen LogP contribution is 2.34. The van der Waals surface area contributed by atoms with Crippen molar-refractivity contribution in [3.05, 3.63) is 84.6 Å². The highest BCUT2D eigenvalue weighted by Gasteiger charge is 2.27. The molecule has 0 spiro atoms. The number of rotatable bonds is 3. The van der Waals surface area contributed by atoms with E-state index in [1.165, 1.54) is 0 Å². The third-order valence-electron chi connectivity index (χ3n) is 6.12. The van der Waals surface area contributed by atoms with Crippen molar-refractivity contribution in [2.45, 2.75) is 6.42 Å². The van der Waals surface area contributed by atoms with E-state index in [4.69, 9.17) is 0 Å². The van der Waals surface area contributed by atoms with Crippen LogP contribution in [0, 0.1) is 0 Å². The van der Waals surface area contributed by atoms with Gasteiger partial charge in [-0.05, 0) is 30.2 Å². The van der Waals surface area contributed by atoms with Gasteiger partial charge in [0.2, 0.25) is 0 Å². The fraction of sp³-hybridized carbons (Fsp3) is 0.231. The minimum Gasteiger partial charge on any atom is -0.355 e. The first kappa shape index (κ1) is 24.6. The van der Waals surface area contributed by atoms with Gasteiger partial charge < -0.3 is 14.4 Å². The number of halogens is 2. The van der Waals surface area contributed by atoms with Gasteiger partial charge in [0.1, 0.15) is 5.82 Å². The summed E-state index contributed by atoms with van der Waals surface area (Å²) < 4.78 is 2.15. The molecule has 5 nitrogen and oxygen atoms in total. The number of hydrogen-bond acceptors (Lipinski definition) is 3. The van der Waals surface area contributed by atoms with Crippen molar-refractivity contribution in [1.82, 2.24) is 14.5 Å². The fourth-order valence-corrected chi connectivity index (χ4v) is 4.59. The summed E-state index contributed by atoms with van der Waals surface area (Å²) in [5.41, 5.74) is 3.93. The zero-order valence-corrected chi connectivity index (χ0v) is 20.2. The molecule has 33 heavy (non-hydrogen) atoms. The quantitative estimate of drug-likeness (QED) is 0.390. The molecule has 2 aromatic carbocycles. The van der Waals surface area contributed by atoms with E-state index in [-0.39, 0.29) is 30.7 Å². The number of fused-ring (bicyclic) bond motifs is 1. The zero-order chi connectivity index (χ0) is 21.2. The topological polar surface area (TPSA) is 41.4 Å². The largest absolute Gasteiger partial charge is 0.355 e. The van der Waals surface area contributed by atoms with Crippen LogP contribution >= 0.6 is 24.8 Å². The van der Waals surface area contributed by atoms with Crippen molar-refractivity contribution >= 4 is 47.4 Å². The summed E-state index contributed by atoms with van der Waals surface area (Å²) in [5, 5.41) is 1.01. The van der Waals surface area contributed by atoms with Crippen LogP contribution in [0.2, 0.25) is 0 Å². The molecule has 4 aromatic rings. The maximum Gasteiger partial charge on any atom is 0.256 e. The normalized spacial score (nSPS) is 13.7. The molecule has 0 N–H and O–H groups in total. The molecule has 7 heteroatoms. The molecule has 1 aliphatic rings. The standard InChI is InChI=1S/C26H26N4O.2ClH/c1-28-22-13-6-5-12-21(22)24(25(28)20-10-3-2-4-11-20)26(31)30-17-9-16-29(18-19-30)23-14-7-8-15-27-23;;/h2-8,10-15H,9,16-19H2,1H3;2*1H. The Labute approximate surface area is 206 Å². The highest BCUT2D eigenvalue weighted by molar-refractivity contribution is 6.12. The van der Waals surface area contributed by atoms with Gasteiger partial charge in [-0.1, -0.05) is 54.6 Å². The Hall–Kier alpha value is -3.02. The van der Waals surface area contributed by atoms with Crippen LogP contribution in [0.3, 0.4) is 0 Å². The van der Waals surface area contributed by atoms with Gasteiger partial charge in [0.15, 0.2) is 0 Å². The average Bonchev–Trinajstić information content (AvgIpc) is 2.96. The molecule has 1 fully saturated rings. The Morgan fingerprint density at radius 2 is 1.55 bits per heavy atom. The van der Waals surface area contributed by atoms with Crippen molar-refractivity contribution in [3.8, 4) is 11.3 Å². The van der Waals surface area contributed by atoms with Crippen LogP contribution in [0.15, 0.2) is 79.0 Å². The number of nitrogens with zero attached hydrogens (tertiary/aromatic N) is 4. The molecule has 0 aliphatic carbocycles. The Morgan fingerprint density at radius 3 is 2.30 bits per heavy atom. The number of aryl methyl sites for hydroxylation is 1. The van der Waals surface area contributed by atoms with E-state index in [1.54, 1.807) is 0 Å². The number of anilines is 1. The van der Waals surface area contributed by atoms with Crippen molar-refractivity contribution in [3.63, 3.8) is 0 Å². The number of carbonyl (C=O) groups is 1. The van der Waals surface area contributed by atoms with Gasteiger partial charge in [-0.2, -0.15) is 0 Å². The van der Waals surface area contributed by atoms with Crippen molar-refractivity contribution < 1.29 is 4.79 Å². The molecule has 2 aromatic heterocycles. The van der Waals surface area contributed by atoms with Gasteiger partial charge in [0.25, 0.3) is 5.91 Å². The van der Waals surface area contributed by atoms with Crippen molar-refractivity contribution in [1.29, 1.82) is 0 Å². The predicted octanol–water partition coefficient (Wildman–Crippen LogP) is 5.44. The first-order valence-corrected chi connectivity index (χ1v) is 10.8. The summed E-state index contributed by atoms with van der Waals surface area (Å²) in [6.45, 7) is 3.13. The average molecular weight is 483 g/mol. The van der Waals surface area contributed by atoms with E-state index in [9.17, 15) is 4.79 Å². The van der Waals surface area contributed by atoms with Gasteiger partial charge in [-0.25, -0.2) is 4.98 Å². The maximum absolute atomic E-state index is 13.9.